The van der Waals surface area contributed by atoms with Crippen molar-refractivity contribution in [2.75, 3.05) is 39.6 Å². The summed E-state index contributed by atoms with van der Waals surface area (Å²) in [6, 6.07) is 24.0. The third-order valence-corrected chi connectivity index (χ3v) is 9.61. The lowest BCUT2D eigenvalue weighted by molar-refractivity contribution is -0.326. The monoisotopic (exact) mass is 822 g/mol. The Kier molecular flexibility index (Phi) is 20.3. The molecule has 4 aromatic rings. The minimum absolute atomic E-state index is 0.334. The highest BCUT2D eigenvalue weighted by atomic mass is 16.8. The van der Waals surface area contributed by atoms with Crippen LogP contribution < -0.4 is 9.47 Å². The zero-order valence-electron chi connectivity index (χ0n) is 34.5. The van der Waals surface area contributed by atoms with Crippen molar-refractivity contribution < 1.29 is 47.5 Å². The van der Waals surface area contributed by atoms with Crippen molar-refractivity contribution in [3.63, 3.8) is 0 Å². The summed E-state index contributed by atoms with van der Waals surface area (Å²) in [5.41, 5.74) is 5.68. The zero-order chi connectivity index (χ0) is 42.0. The van der Waals surface area contributed by atoms with Gasteiger partial charge in [-0.05, 0) is 61.1 Å². The molecule has 0 saturated carbocycles. The lowest BCUT2D eigenvalue weighted by Crippen LogP contribution is -2.41. The van der Waals surface area contributed by atoms with E-state index in [1.54, 1.807) is 12.4 Å². The Bertz CT molecular complexity index is 1710. The molecule has 2 atom stereocenters. The van der Waals surface area contributed by atoms with Gasteiger partial charge in [-0.25, -0.2) is 9.59 Å². The number of hydrogen-bond donors (Lipinski definition) is 0. The summed E-state index contributed by atoms with van der Waals surface area (Å²) >= 11 is 0. The fourth-order valence-corrected chi connectivity index (χ4v) is 6.22. The van der Waals surface area contributed by atoms with Gasteiger partial charge in [-0.15, -0.1) is 0 Å². The summed E-state index contributed by atoms with van der Waals surface area (Å²) in [4.78, 5) is 31.3. The molecular weight excluding hydrogens is 765 g/mol. The van der Waals surface area contributed by atoms with Crippen LogP contribution in [0, 0.1) is 0 Å². The molecule has 320 valence electrons. The zero-order valence-corrected chi connectivity index (χ0v) is 34.5. The van der Waals surface area contributed by atoms with Gasteiger partial charge in [0.2, 0.25) is 12.6 Å². The van der Waals surface area contributed by atoms with Crippen LogP contribution in [0.3, 0.4) is 0 Å². The van der Waals surface area contributed by atoms with Crippen molar-refractivity contribution in [1.29, 1.82) is 0 Å². The van der Waals surface area contributed by atoms with Crippen LogP contribution in [-0.4, -0.2) is 74.1 Å². The number of pyridine rings is 2. The molecule has 1 fully saturated rings. The molecule has 0 N–H and O–H groups in total. The van der Waals surface area contributed by atoms with Gasteiger partial charge < -0.3 is 37.9 Å². The second-order valence-corrected chi connectivity index (χ2v) is 14.2. The van der Waals surface area contributed by atoms with E-state index < -0.39 is 12.6 Å². The maximum absolute atomic E-state index is 11.1. The summed E-state index contributed by atoms with van der Waals surface area (Å²) in [6.07, 6.45) is 14.4. The van der Waals surface area contributed by atoms with Gasteiger partial charge in [0, 0.05) is 23.3 Å². The molecule has 5 rings (SSSR count). The van der Waals surface area contributed by atoms with Crippen LogP contribution in [0.2, 0.25) is 0 Å². The van der Waals surface area contributed by atoms with Gasteiger partial charge in [-0.3, -0.25) is 9.97 Å². The third-order valence-electron chi connectivity index (χ3n) is 9.61. The number of carbonyl (C=O) groups excluding carboxylic acids is 2. The molecule has 12 nitrogen and oxygen atoms in total. The molecule has 3 heterocycles. The van der Waals surface area contributed by atoms with Crippen LogP contribution in [-0.2, 0) is 51.2 Å². The molecule has 0 spiro atoms. The number of rotatable bonds is 28. The molecule has 0 amide bonds. The van der Waals surface area contributed by atoms with Crippen molar-refractivity contribution in [3.8, 4) is 34.0 Å². The van der Waals surface area contributed by atoms with E-state index in [-0.39, 0.29) is 11.9 Å². The van der Waals surface area contributed by atoms with Crippen LogP contribution in [0.4, 0.5) is 0 Å². The number of carbonyl (C=O) groups is 2. The SMILES string of the molecule is C=CC(=O)OCCCCCCCOc1ccc(-c2ccc(CO[C@@H]3OCCO[C@H]3OCc3ccc(-c4ccc(OCCCCCCCOC(=O)C=C)cn4)cc3)cc2)nc1. The van der Waals surface area contributed by atoms with Crippen molar-refractivity contribution >= 4 is 11.9 Å². The van der Waals surface area contributed by atoms with Gasteiger partial charge in [0.25, 0.3) is 0 Å². The van der Waals surface area contributed by atoms with E-state index in [4.69, 9.17) is 37.9 Å². The normalized spacial score (nSPS) is 14.9. The first-order chi connectivity index (χ1) is 29.5. The van der Waals surface area contributed by atoms with Gasteiger partial charge in [-0.2, -0.15) is 0 Å². The lowest BCUT2D eigenvalue weighted by Gasteiger charge is -2.31. The minimum atomic E-state index is -0.661. The Morgan fingerprint density at radius 2 is 0.917 bits per heavy atom. The van der Waals surface area contributed by atoms with Crippen molar-refractivity contribution in [2.45, 2.75) is 90.0 Å². The minimum Gasteiger partial charge on any atom is -0.492 e. The fraction of sp³-hybridized carbons (Fsp3) is 0.417. The standard InChI is InChI=1S/C48H58N2O10/c1-3-45(51)55-29-13-9-5-7-11-27-53-41-23-25-43(49-33-41)39-19-15-37(16-20-39)35-59-47-48(58-32-31-57-47)60-36-38-17-21-40(22-18-38)44-26-24-42(34-50-44)54-28-12-8-6-10-14-30-56-46(52)4-2/h3-4,15-26,33-34,47-48H,1-2,5-14,27-32,35-36H2/t47-,48-/m0/s1. The Balaban J connectivity index is 0.958. The highest BCUT2D eigenvalue weighted by Gasteiger charge is 2.29. The largest absolute Gasteiger partial charge is 0.492 e. The molecule has 0 radical (unpaired) electrons. The Labute approximate surface area is 353 Å². The number of esters is 2. The number of aromatic nitrogens is 2. The maximum Gasteiger partial charge on any atom is 0.330 e. The fourth-order valence-electron chi connectivity index (χ4n) is 6.22. The van der Waals surface area contributed by atoms with E-state index in [0.29, 0.717) is 52.9 Å². The quantitative estimate of drug-likeness (QED) is 0.0307. The molecule has 0 unspecified atom stereocenters. The molecule has 12 heteroatoms. The van der Waals surface area contributed by atoms with Gasteiger partial charge in [0.1, 0.15) is 11.5 Å². The first-order valence-corrected chi connectivity index (χ1v) is 20.9. The average Bonchev–Trinajstić information content (AvgIpc) is 3.30. The van der Waals surface area contributed by atoms with Crippen molar-refractivity contribution in [1.82, 2.24) is 9.97 Å². The van der Waals surface area contributed by atoms with Gasteiger partial charge >= 0.3 is 11.9 Å². The van der Waals surface area contributed by atoms with Gasteiger partial charge in [0.05, 0.1) is 76.6 Å². The summed E-state index contributed by atoms with van der Waals surface area (Å²) in [7, 11) is 0. The molecule has 1 aliphatic rings. The number of benzene rings is 2. The molecular formula is C48H58N2O10. The molecule has 0 bridgehead atoms. The Hall–Kier alpha value is -5.40. The predicted molar refractivity (Wildman–Crippen MR) is 228 cm³/mol. The third kappa shape index (κ3) is 16.7. The molecule has 0 aliphatic carbocycles. The Morgan fingerprint density at radius 1 is 0.533 bits per heavy atom. The molecule has 2 aromatic heterocycles. The van der Waals surface area contributed by atoms with E-state index in [0.717, 1.165) is 109 Å². The molecule has 2 aromatic carbocycles. The first kappa shape index (κ1) is 45.7. The summed E-state index contributed by atoms with van der Waals surface area (Å²) in [6.45, 7) is 10.4. The van der Waals surface area contributed by atoms with Crippen molar-refractivity contribution in [2.24, 2.45) is 0 Å². The van der Waals surface area contributed by atoms with E-state index in [2.05, 4.69) is 23.1 Å². The van der Waals surface area contributed by atoms with Crippen LogP contribution >= 0.6 is 0 Å². The second kappa shape index (κ2) is 26.6. The van der Waals surface area contributed by atoms with Crippen LogP contribution in [0.25, 0.3) is 22.5 Å². The number of ether oxygens (including phenoxy) is 8. The predicted octanol–water partition coefficient (Wildman–Crippen LogP) is 9.36. The average molecular weight is 823 g/mol. The van der Waals surface area contributed by atoms with Gasteiger partial charge in [-0.1, -0.05) is 100 Å². The summed E-state index contributed by atoms with van der Waals surface area (Å²) in [5, 5.41) is 0. The first-order valence-electron chi connectivity index (χ1n) is 20.9. The number of nitrogens with zero attached hydrogens (tertiary/aromatic N) is 2. The highest BCUT2D eigenvalue weighted by molar-refractivity contribution is 5.81. The van der Waals surface area contributed by atoms with Crippen molar-refractivity contribution in [3.05, 3.63) is 122 Å². The summed E-state index contributed by atoms with van der Waals surface area (Å²) < 4.78 is 45.7. The lowest BCUT2D eigenvalue weighted by atomic mass is 10.1. The van der Waals surface area contributed by atoms with E-state index in [1.807, 2.05) is 72.8 Å². The van der Waals surface area contributed by atoms with Crippen LogP contribution in [0.1, 0.15) is 75.3 Å². The second-order valence-electron chi connectivity index (χ2n) is 14.2. The number of hydrogen-bond acceptors (Lipinski definition) is 12. The summed E-state index contributed by atoms with van der Waals surface area (Å²) in [5.74, 6) is 0.750. The van der Waals surface area contributed by atoms with Crippen LogP contribution in [0.15, 0.2) is 111 Å². The highest BCUT2D eigenvalue weighted by Crippen LogP contribution is 2.24. The maximum atomic E-state index is 11.1. The number of unbranched alkanes of at least 4 members (excludes halogenated alkanes) is 8. The Morgan fingerprint density at radius 3 is 1.28 bits per heavy atom. The topological polar surface area (TPSA) is 134 Å². The smallest absolute Gasteiger partial charge is 0.330 e. The van der Waals surface area contributed by atoms with E-state index >= 15 is 0 Å². The van der Waals surface area contributed by atoms with E-state index in [9.17, 15) is 9.59 Å². The molecule has 1 saturated heterocycles. The van der Waals surface area contributed by atoms with E-state index in [1.165, 1.54) is 12.2 Å². The van der Waals surface area contributed by atoms with Crippen LogP contribution in [0.5, 0.6) is 11.5 Å². The molecule has 60 heavy (non-hydrogen) atoms. The van der Waals surface area contributed by atoms with Gasteiger partial charge in [0.15, 0.2) is 0 Å². The molecule has 1 aliphatic heterocycles.